The molecule has 0 aliphatic heterocycles. The Labute approximate surface area is 139 Å². The van der Waals surface area contributed by atoms with Gasteiger partial charge < -0.3 is 5.11 Å². The van der Waals surface area contributed by atoms with Gasteiger partial charge in [-0.25, -0.2) is 4.98 Å². The van der Waals surface area contributed by atoms with Gasteiger partial charge in [-0.05, 0) is 48.7 Å². The number of hydrogen-bond donors (Lipinski definition) is 1. The van der Waals surface area contributed by atoms with Gasteiger partial charge in [-0.3, -0.25) is 4.40 Å². The van der Waals surface area contributed by atoms with E-state index in [0.29, 0.717) is 16.5 Å². The highest BCUT2D eigenvalue weighted by Crippen LogP contribution is 2.31. The number of fused-ring (bicyclic) bond motifs is 1. The maximum Gasteiger partial charge on any atom is 0.183 e. The van der Waals surface area contributed by atoms with Crippen LogP contribution in [0.15, 0.2) is 46.8 Å². The number of benzene rings is 1. The molecule has 23 heavy (non-hydrogen) atoms. The number of nitrogens with zero attached hydrogens (tertiary/aromatic N) is 4. The predicted molar refractivity (Wildman–Crippen MR) is 91.3 cm³/mol. The van der Waals surface area contributed by atoms with E-state index in [-0.39, 0.29) is 11.7 Å². The van der Waals surface area contributed by atoms with E-state index in [1.54, 1.807) is 30.5 Å². The molecule has 1 aromatic carbocycles. The zero-order chi connectivity index (χ0) is 16.6. The second-order valence-electron chi connectivity index (χ2n) is 5.72. The number of pyridine rings is 1. The molecule has 2 aromatic heterocycles. The lowest BCUT2D eigenvalue weighted by Gasteiger charge is -2.03. The van der Waals surface area contributed by atoms with E-state index in [1.165, 1.54) is 0 Å². The predicted octanol–water partition coefficient (Wildman–Crippen LogP) is 5.54. The Balaban J connectivity index is 2.12. The third-order valence-corrected chi connectivity index (χ3v) is 3.79. The maximum atomic E-state index is 9.48. The van der Waals surface area contributed by atoms with Crippen LogP contribution in [0.25, 0.3) is 5.65 Å². The number of phenols is 1. The molecule has 118 valence electrons. The highest BCUT2D eigenvalue weighted by molar-refractivity contribution is 6.30. The molecule has 0 aliphatic carbocycles. The van der Waals surface area contributed by atoms with E-state index in [2.05, 4.69) is 29.1 Å². The Bertz CT molecular complexity index is 899. The van der Waals surface area contributed by atoms with Crippen LogP contribution in [0, 0.1) is 6.92 Å². The molecule has 5 nitrogen and oxygen atoms in total. The second kappa shape index (κ2) is 6.01. The van der Waals surface area contributed by atoms with Crippen LogP contribution in [0.4, 0.5) is 11.5 Å². The Hall–Kier alpha value is -2.40. The standard InChI is InChI=1S/C17H17ClN4O/c1-10(2)16-17(22-9-12(18)4-7-15(22)19-16)21-20-14-6-5-13(23)8-11(14)3/h4-10,23H,1-3H3. The van der Waals surface area contributed by atoms with Gasteiger partial charge in [0.25, 0.3) is 0 Å². The number of aryl methyl sites for hydroxylation is 1. The number of halogens is 1. The Morgan fingerprint density at radius 3 is 2.65 bits per heavy atom. The minimum Gasteiger partial charge on any atom is -0.508 e. The van der Waals surface area contributed by atoms with Gasteiger partial charge >= 0.3 is 0 Å². The summed E-state index contributed by atoms with van der Waals surface area (Å²) in [6.07, 6.45) is 1.79. The number of hydrogen-bond acceptors (Lipinski definition) is 4. The normalized spacial score (nSPS) is 11.9. The molecule has 1 N–H and O–H groups in total. The first-order valence-corrected chi connectivity index (χ1v) is 7.72. The lowest BCUT2D eigenvalue weighted by molar-refractivity contribution is 0.475. The Morgan fingerprint density at radius 1 is 1.17 bits per heavy atom. The fraction of sp³-hybridized carbons (Fsp3) is 0.235. The number of aromatic hydroxyl groups is 1. The summed E-state index contributed by atoms with van der Waals surface area (Å²) in [4.78, 5) is 4.61. The summed E-state index contributed by atoms with van der Waals surface area (Å²) < 4.78 is 1.84. The van der Waals surface area contributed by atoms with Gasteiger partial charge in [0, 0.05) is 6.20 Å². The average Bonchev–Trinajstić information content (AvgIpc) is 2.84. The zero-order valence-electron chi connectivity index (χ0n) is 13.2. The van der Waals surface area contributed by atoms with Crippen molar-refractivity contribution in [3.05, 3.63) is 52.8 Å². The molecule has 0 saturated carbocycles. The van der Waals surface area contributed by atoms with Crippen molar-refractivity contribution in [2.75, 3.05) is 0 Å². The number of rotatable bonds is 3. The topological polar surface area (TPSA) is 62.2 Å². The van der Waals surface area contributed by atoms with Crippen molar-refractivity contribution in [2.24, 2.45) is 10.2 Å². The first kappa shape index (κ1) is 15.5. The quantitative estimate of drug-likeness (QED) is 0.641. The third kappa shape index (κ3) is 3.05. The van der Waals surface area contributed by atoms with Crippen molar-refractivity contribution in [1.29, 1.82) is 0 Å². The molecule has 0 amide bonds. The monoisotopic (exact) mass is 328 g/mol. The first-order valence-electron chi connectivity index (χ1n) is 7.34. The molecule has 3 rings (SSSR count). The summed E-state index contributed by atoms with van der Waals surface area (Å²) in [6, 6.07) is 8.65. The highest BCUT2D eigenvalue weighted by atomic mass is 35.5. The summed E-state index contributed by atoms with van der Waals surface area (Å²) in [5.74, 6) is 1.10. The van der Waals surface area contributed by atoms with Crippen molar-refractivity contribution < 1.29 is 5.11 Å². The van der Waals surface area contributed by atoms with Crippen molar-refractivity contribution in [1.82, 2.24) is 9.38 Å². The molecule has 0 spiro atoms. The SMILES string of the molecule is Cc1cc(O)ccc1N=Nc1c(C(C)C)nc2ccc(Cl)cn12. The number of phenolic OH excluding ortho intramolecular Hbond substituents is 1. The van der Waals surface area contributed by atoms with Crippen LogP contribution < -0.4 is 0 Å². The van der Waals surface area contributed by atoms with E-state index < -0.39 is 0 Å². The molecule has 0 bridgehead atoms. The summed E-state index contributed by atoms with van der Waals surface area (Å²) in [5.41, 5.74) is 3.21. The fourth-order valence-corrected chi connectivity index (χ4v) is 2.52. The summed E-state index contributed by atoms with van der Waals surface area (Å²) in [7, 11) is 0. The van der Waals surface area contributed by atoms with Gasteiger partial charge in [-0.1, -0.05) is 25.4 Å². The maximum absolute atomic E-state index is 9.48. The Kier molecular flexibility index (Phi) is 4.05. The molecule has 3 aromatic rings. The lowest BCUT2D eigenvalue weighted by atomic mass is 10.1. The molecule has 0 fully saturated rings. The molecule has 0 atom stereocenters. The molecule has 0 aliphatic rings. The van der Waals surface area contributed by atoms with Gasteiger partial charge in [0.1, 0.15) is 11.4 Å². The molecular weight excluding hydrogens is 312 g/mol. The van der Waals surface area contributed by atoms with E-state index in [9.17, 15) is 5.11 Å². The van der Waals surface area contributed by atoms with Gasteiger partial charge in [0.15, 0.2) is 5.82 Å². The summed E-state index contributed by atoms with van der Waals surface area (Å²) in [5, 5.41) is 18.8. The van der Waals surface area contributed by atoms with Crippen LogP contribution in [0.2, 0.25) is 5.02 Å². The van der Waals surface area contributed by atoms with Gasteiger partial charge in [0.2, 0.25) is 0 Å². The highest BCUT2D eigenvalue weighted by Gasteiger charge is 2.15. The van der Waals surface area contributed by atoms with E-state index in [0.717, 1.165) is 16.9 Å². The van der Waals surface area contributed by atoms with Crippen molar-refractivity contribution in [2.45, 2.75) is 26.7 Å². The van der Waals surface area contributed by atoms with Crippen molar-refractivity contribution in [3.8, 4) is 5.75 Å². The first-order chi connectivity index (χ1) is 11.0. The largest absolute Gasteiger partial charge is 0.508 e. The fourth-order valence-electron chi connectivity index (χ4n) is 2.36. The van der Waals surface area contributed by atoms with E-state index in [1.807, 2.05) is 17.4 Å². The zero-order valence-corrected chi connectivity index (χ0v) is 13.9. The van der Waals surface area contributed by atoms with Crippen LogP contribution in [0.1, 0.15) is 31.0 Å². The summed E-state index contributed by atoms with van der Waals surface area (Å²) >= 11 is 6.09. The minimum atomic E-state index is 0.212. The third-order valence-electron chi connectivity index (χ3n) is 3.56. The van der Waals surface area contributed by atoms with Crippen molar-refractivity contribution >= 4 is 28.8 Å². The lowest BCUT2D eigenvalue weighted by Crippen LogP contribution is -1.87. The Morgan fingerprint density at radius 2 is 1.96 bits per heavy atom. The number of aromatic nitrogens is 2. The molecule has 6 heteroatoms. The van der Waals surface area contributed by atoms with Gasteiger partial charge in [-0.15, -0.1) is 10.2 Å². The van der Waals surface area contributed by atoms with Gasteiger partial charge in [0.05, 0.1) is 16.4 Å². The average molecular weight is 329 g/mol. The van der Waals surface area contributed by atoms with E-state index >= 15 is 0 Å². The van der Waals surface area contributed by atoms with Crippen LogP contribution in [-0.2, 0) is 0 Å². The molecule has 2 heterocycles. The van der Waals surface area contributed by atoms with E-state index in [4.69, 9.17) is 11.6 Å². The van der Waals surface area contributed by atoms with Crippen molar-refractivity contribution in [3.63, 3.8) is 0 Å². The molecule has 0 unspecified atom stereocenters. The molecule has 0 radical (unpaired) electrons. The molecular formula is C17H17ClN4O. The summed E-state index contributed by atoms with van der Waals surface area (Å²) in [6.45, 7) is 6.01. The number of azo groups is 1. The van der Waals surface area contributed by atoms with Crippen LogP contribution in [-0.4, -0.2) is 14.5 Å². The number of imidazole rings is 1. The van der Waals surface area contributed by atoms with Crippen LogP contribution in [0.5, 0.6) is 5.75 Å². The van der Waals surface area contributed by atoms with Crippen LogP contribution >= 0.6 is 11.6 Å². The smallest absolute Gasteiger partial charge is 0.183 e. The molecule has 0 saturated heterocycles. The second-order valence-corrected chi connectivity index (χ2v) is 6.16. The van der Waals surface area contributed by atoms with Gasteiger partial charge in [-0.2, -0.15) is 0 Å². The minimum absolute atomic E-state index is 0.212. The van der Waals surface area contributed by atoms with Crippen LogP contribution in [0.3, 0.4) is 0 Å².